The number of hydrogen-bond donors (Lipinski definition) is 3. The highest BCUT2D eigenvalue weighted by Gasteiger charge is 2.30. The van der Waals surface area contributed by atoms with Crippen molar-refractivity contribution in [3.8, 4) is 0 Å². The van der Waals surface area contributed by atoms with Crippen LogP contribution in [0.2, 0.25) is 0 Å². The maximum Gasteiger partial charge on any atom is 0.472 e. The molecule has 0 radical (unpaired) electrons. The fourth-order valence-electron chi connectivity index (χ4n) is 11.9. The van der Waals surface area contributed by atoms with Crippen molar-refractivity contribution in [1.29, 1.82) is 0 Å². The molecule has 0 aliphatic heterocycles. The van der Waals surface area contributed by atoms with E-state index < -0.39 is 97.5 Å². The number of aliphatic hydroxyl groups is 1. The predicted octanol–water partition coefficient (Wildman–Crippen LogP) is 22.9. The van der Waals surface area contributed by atoms with E-state index in [4.69, 9.17) is 37.0 Å². The van der Waals surface area contributed by atoms with Gasteiger partial charge in [-0.3, -0.25) is 37.3 Å². The van der Waals surface area contributed by atoms with Gasteiger partial charge in [0.05, 0.1) is 26.4 Å². The zero-order valence-corrected chi connectivity index (χ0v) is 64.3. The van der Waals surface area contributed by atoms with Crippen molar-refractivity contribution in [2.75, 3.05) is 39.6 Å². The van der Waals surface area contributed by atoms with Gasteiger partial charge in [-0.2, -0.15) is 0 Å². The lowest BCUT2D eigenvalue weighted by atomic mass is 10.0. The molecule has 0 amide bonds. The number of unbranched alkanes of at least 4 members (excludes halogenated alkanes) is 49. The van der Waals surface area contributed by atoms with Gasteiger partial charge in [0, 0.05) is 25.7 Å². The van der Waals surface area contributed by atoms with E-state index in [0.717, 1.165) is 102 Å². The Bertz CT molecular complexity index is 1840. The molecule has 0 saturated heterocycles. The molecular weight excluding hydrogens is 1260 g/mol. The van der Waals surface area contributed by atoms with Gasteiger partial charge >= 0.3 is 39.5 Å². The normalized spacial score (nSPS) is 13.9. The van der Waals surface area contributed by atoms with Crippen LogP contribution in [-0.4, -0.2) is 96.7 Å². The molecule has 0 fully saturated rings. The predicted molar refractivity (Wildman–Crippen MR) is 391 cm³/mol. The quantitative estimate of drug-likeness (QED) is 0.0222. The zero-order chi connectivity index (χ0) is 70.5. The Morgan fingerprint density at radius 2 is 0.479 bits per heavy atom. The lowest BCUT2D eigenvalue weighted by Crippen LogP contribution is -2.30. The second-order valence-electron chi connectivity index (χ2n) is 28.2. The van der Waals surface area contributed by atoms with Gasteiger partial charge in [0.15, 0.2) is 12.2 Å². The van der Waals surface area contributed by atoms with E-state index in [9.17, 15) is 43.2 Å². The highest BCUT2D eigenvalue weighted by molar-refractivity contribution is 7.47. The first kappa shape index (κ1) is 94.1. The number of phosphoric acid groups is 2. The molecule has 0 spiro atoms. The fraction of sp³-hybridized carbons (Fsp3) is 0.948. The first-order valence-corrected chi connectivity index (χ1v) is 43.1. The average Bonchev–Trinajstić information content (AvgIpc) is 1.39. The van der Waals surface area contributed by atoms with Crippen LogP contribution in [0.3, 0.4) is 0 Å². The Hall–Kier alpha value is -1.94. The van der Waals surface area contributed by atoms with Gasteiger partial charge in [-0.25, -0.2) is 9.13 Å². The highest BCUT2D eigenvalue weighted by Crippen LogP contribution is 2.45. The number of rotatable bonds is 77. The number of aliphatic hydroxyl groups excluding tert-OH is 1. The lowest BCUT2D eigenvalue weighted by molar-refractivity contribution is -0.161. The topological polar surface area (TPSA) is 237 Å². The van der Waals surface area contributed by atoms with Crippen molar-refractivity contribution in [2.45, 2.75) is 425 Å². The molecule has 5 atom stereocenters. The van der Waals surface area contributed by atoms with Gasteiger partial charge in [-0.05, 0) is 31.6 Å². The average molecular weight is 1410 g/mol. The summed E-state index contributed by atoms with van der Waals surface area (Å²) in [7, 11) is -9.91. The molecule has 2 unspecified atom stereocenters. The molecule has 17 nitrogen and oxygen atoms in total. The molecule has 96 heavy (non-hydrogen) atoms. The minimum absolute atomic E-state index is 0.107. The minimum atomic E-state index is -4.96. The summed E-state index contributed by atoms with van der Waals surface area (Å²) in [5.74, 6) is -1.32. The molecule has 0 aromatic heterocycles. The van der Waals surface area contributed by atoms with Crippen molar-refractivity contribution in [1.82, 2.24) is 0 Å². The monoisotopic (exact) mass is 1410 g/mol. The molecule has 0 bridgehead atoms. The van der Waals surface area contributed by atoms with Crippen LogP contribution in [0.5, 0.6) is 0 Å². The van der Waals surface area contributed by atoms with E-state index in [-0.39, 0.29) is 25.7 Å². The second-order valence-corrected chi connectivity index (χ2v) is 31.1. The summed E-state index contributed by atoms with van der Waals surface area (Å²) in [6.45, 7) is 7.29. The van der Waals surface area contributed by atoms with Crippen molar-refractivity contribution >= 4 is 39.5 Å². The molecule has 0 rings (SSSR count). The smallest absolute Gasteiger partial charge is 0.462 e. The van der Waals surface area contributed by atoms with Crippen molar-refractivity contribution in [2.24, 2.45) is 5.92 Å². The van der Waals surface area contributed by atoms with Gasteiger partial charge in [0.1, 0.15) is 19.3 Å². The Morgan fingerprint density at radius 1 is 0.281 bits per heavy atom. The molecule has 0 aliphatic carbocycles. The second kappa shape index (κ2) is 70.1. The molecule has 0 heterocycles. The molecule has 0 aromatic rings. The number of carbonyl (C=O) groups is 4. The van der Waals surface area contributed by atoms with Crippen LogP contribution in [-0.2, 0) is 65.4 Å². The van der Waals surface area contributed by atoms with E-state index in [0.29, 0.717) is 25.7 Å². The van der Waals surface area contributed by atoms with E-state index in [1.54, 1.807) is 0 Å². The number of hydrogen-bond acceptors (Lipinski definition) is 15. The molecular formula is C77H150O17P2. The van der Waals surface area contributed by atoms with Crippen molar-refractivity contribution < 1.29 is 80.2 Å². The van der Waals surface area contributed by atoms with Crippen LogP contribution in [0.15, 0.2) is 0 Å². The first-order valence-electron chi connectivity index (χ1n) is 40.1. The Morgan fingerprint density at radius 3 is 0.708 bits per heavy atom. The van der Waals surface area contributed by atoms with Crippen molar-refractivity contribution in [3.63, 3.8) is 0 Å². The van der Waals surface area contributed by atoms with Crippen LogP contribution < -0.4 is 0 Å². The summed E-state index contributed by atoms with van der Waals surface area (Å²) in [5, 5.41) is 10.6. The molecule has 3 N–H and O–H groups in total. The summed E-state index contributed by atoms with van der Waals surface area (Å²) in [4.78, 5) is 72.7. The Labute approximate surface area is 588 Å². The minimum Gasteiger partial charge on any atom is -0.462 e. The van der Waals surface area contributed by atoms with E-state index in [1.807, 2.05) is 0 Å². The summed E-state index contributed by atoms with van der Waals surface area (Å²) in [6.07, 6.45) is 59.8. The van der Waals surface area contributed by atoms with Crippen LogP contribution in [0, 0.1) is 5.92 Å². The third-order valence-corrected chi connectivity index (χ3v) is 19.9. The molecule has 0 saturated carbocycles. The van der Waals surface area contributed by atoms with Gasteiger partial charge in [0.2, 0.25) is 0 Å². The number of carbonyl (C=O) groups excluding carboxylic acids is 4. The van der Waals surface area contributed by atoms with Gasteiger partial charge < -0.3 is 33.8 Å². The molecule has 570 valence electrons. The van der Waals surface area contributed by atoms with Crippen molar-refractivity contribution in [3.05, 3.63) is 0 Å². The third-order valence-electron chi connectivity index (χ3n) is 18.0. The van der Waals surface area contributed by atoms with Crippen LogP contribution in [0.25, 0.3) is 0 Å². The fourth-order valence-corrected chi connectivity index (χ4v) is 13.5. The Balaban J connectivity index is 5.18. The molecule has 19 heteroatoms. The number of phosphoric ester groups is 2. The zero-order valence-electron chi connectivity index (χ0n) is 62.5. The number of ether oxygens (including phenoxy) is 4. The summed E-state index contributed by atoms with van der Waals surface area (Å²) in [6, 6.07) is 0. The van der Waals surface area contributed by atoms with Crippen LogP contribution >= 0.6 is 15.6 Å². The van der Waals surface area contributed by atoms with E-state index in [2.05, 4.69) is 34.6 Å². The van der Waals surface area contributed by atoms with Crippen LogP contribution in [0.4, 0.5) is 0 Å². The maximum absolute atomic E-state index is 13.1. The summed E-state index contributed by atoms with van der Waals surface area (Å²) >= 11 is 0. The largest absolute Gasteiger partial charge is 0.472 e. The lowest BCUT2D eigenvalue weighted by Gasteiger charge is -2.21. The summed E-state index contributed by atoms with van der Waals surface area (Å²) < 4.78 is 68.5. The van der Waals surface area contributed by atoms with Crippen LogP contribution in [0.1, 0.15) is 407 Å². The first-order chi connectivity index (χ1) is 46.5. The Kier molecular flexibility index (Phi) is 68.7. The maximum atomic E-state index is 13.1. The summed E-state index contributed by atoms with van der Waals surface area (Å²) in [5.41, 5.74) is 0. The number of esters is 4. The third kappa shape index (κ3) is 70.5. The van der Waals surface area contributed by atoms with Gasteiger partial charge in [-0.15, -0.1) is 0 Å². The molecule has 0 aliphatic rings. The highest BCUT2D eigenvalue weighted by atomic mass is 31.2. The van der Waals surface area contributed by atoms with Gasteiger partial charge in [-0.1, -0.05) is 356 Å². The standard InChI is InChI=1S/C77H150O17P2/c1-6-9-12-15-18-21-23-24-25-26-27-28-29-30-35-39-43-48-53-58-63-77(82)94-73(67-88-75(80)61-56-51-46-41-38-34-32-31-33-37-40-44-49-54-59-70(4)5)69-92-96(85,86)90-65-71(78)64-89-95(83,84)91-68-72(66-87-74(79)60-55-50-45-20-17-14-11-8-3)93-76(81)62-57-52-47-42-36-22-19-16-13-10-7-2/h70-73,78H,6-69H2,1-5H3,(H,83,84)(H,85,86)/t71-,72+,73+/m0/s1. The SMILES string of the molecule is CCCCCCCCCCCCCCCCCCCCCCC(=O)O[C@H](COC(=O)CCCCCCCCCCCCCCCCC(C)C)COP(=O)(O)OC[C@@H](O)COP(=O)(O)OC[C@@H](COC(=O)CCCCCCCCCC)OC(=O)CCCCCCCCCCCCC. The van der Waals surface area contributed by atoms with Gasteiger partial charge in [0.25, 0.3) is 0 Å². The van der Waals surface area contributed by atoms with E-state index >= 15 is 0 Å². The molecule has 0 aromatic carbocycles. The van der Waals surface area contributed by atoms with E-state index in [1.165, 1.54) is 225 Å².